The number of nitrogens with zero attached hydrogens (tertiary/aromatic N) is 1. The highest BCUT2D eigenvalue weighted by atomic mass is 15.1. The van der Waals surface area contributed by atoms with E-state index < -0.39 is 24.2 Å². The van der Waals surface area contributed by atoms with Gasteiger partial charge in [-0.05, 0) is 120 Å². The van der Waals surface area contributed by atoms with Gasteiger partial charge in [-0.1, -0.05) is 206 Å². The minimum absolute atomic E-state index is 0.105. The molecule has 0 heterocycles. The van der Waals surface area contributed by atoms with Crippen molar-refractivity contribution >= 4 is 27.8 Å². The molecule has 0 bridgehead atoms. The SMILES string of the molecule is [2H]c1c([2H])c(N(c2ccc(-c3cccc(-c4cccc5ccccc45)c3)cc2)c2c([2H])c([2H])c(-c3ccc(-c4ccccc4)cc3)c([2H])c2[2H])c([2H])c([2H])c1-c1ccc(-c2ccccc2)cc1. The summed E-state index contributed by atoms with van der Waals surface area (Å²) in [6.45, 7) is 0. The van der Waals surface area contributed by atoms with Gasteiger partial charge in [0.1, 0.15) is 0 Å². The maximum Gasteiger partial charge on any atom is 0.0645 e. The summed E-state index contributed by atoms with van der Waals surface area (Å²) in [5.41, 5.74) is 8.92. The maximum absolute atomic E-state index is 9.54. The summed E-state index contributed by atoms with van der Waals surface area (Å²) in [7, 11) is 0. The summed E-state index contributed by atoms with van der Waals surface area (Å²) in [5, 5.41) is 2.28. The number of hydrogen-bond donors (Lipinski definition) is 0. The highest BCUT2D eigenvalue weighted by molar-refractivity contribution is 5.97. The molecule has 1 nitrogen and oxygen atoms in total. The summed E-state index contributed by atoms with van der Waals surface area (Å²) in [4.78, 5) is 1.35. The molecule has 0 saturated carbocycles. The zero-order chi connectivity index (χ0) is 46.3. The van der Waals surface area contributed by atoms with E-state index in [2.05, 4.69) is 36.4 Å². The standard InChI is InChI=1S/C58H41N/c1-3-11-42(12-4-1)44-21-25-46(26-22-44)48-29-35-54(36-30-48)59(55-37-31-49(32-38-55)47-27-23-45(24-28-47)43-13-5-2-6-14-43)56-39-33-50(34-40-56)52-17-9-18-53(41-52)58-20-10-16-51-15-7-8-19-57(51)58/h1-41H/i29D,30D,31D,32D,35D,36D,37D,38D. The number of benzene rings is 10. The Morgan fingerprint density at radius 3 is 1.17 bits per heavy atom. The fraction of sp³-hybridized carbons (Fsp3) is 0. The van der Waals surface area contributed by atoms with Gasteiger partial charge in [0, 0.05) is 17.1 Å². The Hall–Kier alpha value is -7.74. The number of rotatable bonds is 9. The van der Waals surface area contributed by atoms with Crippen molar-refractivity contribution < 1.29 is 11.0 Å². The summed E-state index contributed by atoms with van der Waals surface area (Å²) in [6.07, 6.45) is 0. The molecular weight excluding hydrogens is 711 g/mol. The molecule has 10 aromatic carbocycles. The monoisotopic (exact) mass is 759 g/mol. The maximum atomic E-state index is 9.54. The minimum atomic E-state index is -0.396. The molecule has 0 fully saturated rings. The van der Waals surface area contributed by atoms with Crippen LogP contribution in [0, 0.1) is 0 Å². The van der Waals surface area contributed by atoms with Gasteiger partial charge in [0.15, 0.2) is 0 Å². The molecule has 0 N–H and O–H groups in total. The van der Waals surface area contributed by atoms with Gasteiger partial charge in [-0.25, -0.2) is 0 Å². The molecule has 0 radical (unpaired) electrons. The van der Waals surface area contributed by atoms with E-state index in [4.69, 9.17) is 0 Å². The van der Waals surface area contributed by atoms with Crippen LogP contribution in [-0.4, -0.2) is 0 Å². The molecule has 59 heavy (non-hydrogen) atoms. The molecule has 0 aromatic heterocycles. The summed E-state index contributed by atoms with van der Waals surface area (Å²) in [6, 6.07) is 61.5. The lowest BCUT2D eigenvalue weighted by molar-refractivity contribution is 1.28. The molecule has 0 atom stereocenters. The third-order valence-corrected chi connectivity index (χ3v) is 10.7. The van der Waals surface area contributed by atoms with Crippen molar-refractivity contribution in [1.82, 2.24) is 0 Å². The van der Waals surface area contributed by atoms with E-state index in [0.717, 1.165) is 55.3 Å². The van der Waals surface area contributed by atoms with Gasteiger partial charge < -0.3 is 4.90 Å². The van der Waals surface area contributed by atoms with Crippen LogP contribution in [0.4, 0.5) is 17.1 Å². The molecule has 0 spiro atoms. The van der Waals surface area contributed by atoms with Crippen molar-refractivity contribution in [3.05, 3.63) is 249 Å². The van der Waals surface area contributed by atoms with E-state index >= 15 is 0 Å². The molecule has 0 aliphatic carbocycles. The van der Waals surface area contributed by atoms with Gasteiger partial charge in [0.05, 0.1) is 11.0 Å². The van der Waals surface area contributed by atoms with Crippen molar-refractivity contribution in [3.8, 4) is 66.8 Å². The Kier molecular flexibility index (Phi) is 7.54. The molecule has 10 aromatic rings. The van der Waals surface area contributed by atoms with Crippen LogP contribution >= 0.6 is 0 Å². The van der Waals surface area contributed by atoms with Crippen LogP contribution in [0.25, 0.3) is 77.5 Å². The molecule has 0 amide bonds. The second-order valence-corrected chi connectivity index (χ2v) is 14.3. The number of hydrogen-bond acceptors (Lipinski definition) is 1. The third-order valence-electron chi connectivity index (χ3n) is 10.7. The summed E-state index contributed by atoms with van der Waals surface area (Å²) >= 11 is 0. The van der Waals surface area contributed by atoms with Gasteiger partial charge in [-0.3, -0.25) is 0 Å². The van der Waals surface area contributed by atoms with Gasteiger partial charge in [-0.2, -0.15) is 0 Å². The first kappa shape index (κ1) is 27.8. The van der Waals surface area contributed by atoms with E-state index in [9.17, 15) is 11.0 Å². The van der Waals surface area contributed by atoms with Gasteiger partial charge in [-0.15, -0.1) is 0 Å². The topological polar surface area (TPSA) is 3.24 Å². The normalized spacial score (nSPS) is 12.9. The van der Waals surface area contributed by atoms with E-state index in [1.807, 2.05) is 127 Å². The Labute approximate surface area is 358 Å². The van der Waals surface area contributed by atoms with Crippen LogP contribution < -0.4 is 4.90 Å². The average Bonchev–Trinajstić information content (AvgIpc) is 3.38. The molecule has 10 rings (SSSR count). The molecule has 0 aliphatic rings. The number of anilines is 3. The van der Waals surface area contributed by atoms with Crippen molar-refractivity contribution in [2.75, 3.05) is 4.90 Å². The van der Waals surface area contributed by atoms with E-state index in [1.165, 1.54) is 4.90 Å². The second kappa shape index (κ2) is 16.0. The lowest BCUT2D eigenvalue weighted by Crippen LogP contribution is -2.09. The lowest BCUT2D eigenvalue weighted by Gasteiger charge is -2.26. The average molecular weight is 760 g/mol. The molecule has 0 aliphatic heterocycles. The van der Waals surface area contributed by atoms with Crippen molar-refractivity contribution in [2.45, 2.75) is 0 Å². The predicted molar refractivity (Wildman–Crippen MR) is 251 cm³/mol. The van der Waals surface area contributed by atoms with Gasteiger partial charge >= 0.3 is 0 Å². The quantitative estimate of drug-likeness (QED) is 0.142. The zero-order valence-electron chi connectivity index (χ0n) is 40.0. The van der Waals surface area contributed by atoms with Crippen LogP contribution in [0.5, 0.6) is 0 Å². The van der Waals surface area contributed by atoms with Crippen molar-refractivity contribution in [1.29, 1.82) is 0 Å². The van der Waals surface area contributed by atoms with E-state index in [1.54, 1.807) is 36.4 Å². The number of fused-ring (bicyclic) bond motifs is 1. The molecule has 278 valence electrons. The smallest absolute Gasteiger partial charge is 0.0645 e. The van der Waals surface area contributed by atoms with E-state index in [-0.39, 0.29) is 46.7 Å². The third kappa shape index (κ3) is 7.46. The van der Waals surface area contributed by atoms with Crippen LogP contribution in [-0.2, 0) is 0 Å². The molecule has 0 saturated heterocycles. The van der Waals surface area contributed by atoms with Crippen LogP contribution in [0.3, 0.4) is 0 Å². The van der Waals surface area contributed by atoms with Crippen LogP contribution in [0.2, 0.25) is 0 Å². The predicted octanol–water partition coefficient (Wildman–Crippen LogP) is 16.3. The minimum Gasteiger partial charge on any atom is -0.311 e. The van der Waals surface area contributed by atoms with E-state index in [0.29, 0.717) is 16.8 Å². The first-order valence-electron chi connectivity index (χ1n) is 23.6. The van der Waals surface area contributed by atoms with Crippen LogP contribution in [0.15, 0.2) is 249 Å². The zero-order valence-corrected chi connectivity index (χ0v) is 32.0. The lowest BCUT2D eigenvalue weighted by atomic mass is 9.95. The summed E-state index contributed by atoms with van der Waals surface area (Å²) in [5.74, 6) is 0. The fourth-order valence-electron chi connectivity index (χ4n) is 7.56. The highest BCUT2D eigenvalue weighted by Gasteiger charge is 2.15. The first-order chi connectivity index (χ1) is 32.6. The molecule has 1 heteroatoms. The Morgan fingerprint density at radius 1 is 0.254 bits per heavy atom. The Balaban J connectivity index is 1.11. The second-order valence-electron chi connectivity index (χ2n) is 14.3. The molecular formula is C58H41N. The van der Waals surface area contributed by atoms with Crippen molar-refractivity contribution in [2.24, 2.45) is 0 Å². The van der Waals surface area contributed by atoms with Gasteiger partial charge in [0.2, 0.25) is 0 Å². The van der Waals surface area contributed by atoms with Gasteiger partial charge in [0.25, 0.3) is 0 Å². The highest BCUT2D eigenvalue weighted by Crippen LogP contribution is 2.39. The molecule has 0 unspecified atom stereocenters. The van der Waals surface area contributed by atoms with Crippen LogP contribution in [0.1, 0.15) is 11.0 Å². The Bertz CT molecular complexity index is 3250. The largest absolute Gasteiger partial charge is 0.311 e. The fourth-order valence-corrected chi connectivity index (χ4v) is 7.56. The Morgan fingerprint density at radius 2 is 0.627 bits per heavy atom. The first-order valence-corrected chi connectivity index (χ1v) is 19.6. The summed E-state index contributed by atoms with van der Waals surface area (Å²) < 4.78 is 75.6. The van der Waals surface area contributed by atoms with Crippen molar-refractivity contribution in [3.63, 3.8) is 0 Å².